The van der Waals surface area contributed by atoms with E-state index in [0.717, 1.165) is 5.56 Å². The average molecular weight is 364 g/mol. The monoisotopic (exact) mass is 364 g/mol. The standard InChI is InChI=1S/C18H24N2O6/c1-17(2,3)26-16(23)20-12-7-5-11(6-8-12)9-13(25-15(19)22)14(21)18(4)10-24-18/h5-8,13H,9-10H2,1-4H3,(H2,19,22)(H,20,23). The van der Waals surface area contributed by atoms with Gasteiger partial charge in [0, 0.05) is 12.1 Å². The summed E-state index contributed by atoms with van der Waals surface area (Å²) in [6.07, 6.45) is -2.44. The normalized spacial score (nSPS) is 20.0. The molecule has 0 spiro atoms. The second-order valence-electron chi connectivity index (χ2n) is 7.34. The van der Waals surface area contributed by atoms with Crippen molar-refractivity contribution in [1.29, 1.82) is 0 Å². The summed E-state index contributed by atoms with van der Waals surface area (Å²) >= 11 is 0. The molecule has 3 N–H and O–H groups in total. The molecular weight excluding hydrogens is 340 g/mol. The molecule has 1 aromatic carbocycles. The summed E-state index contributed by atoms with van der Waals surface area (Å²) in [6.45, 7) is 7.25. The Balaban J connectivity index is 2.00. The van der Waals surface area contributed by atoms with Crippen molar-refractivity contribution in [1.82, 2.24) is 0 Å². The fourth-order valence-corrected chi connectivity index (χ4v) is 2.28. The minimum absolute atomic E-state index is 0.160. The Hall–Kier alpha value is -2.61. The summed E-state index contributed by atoms with van der Waals surface area (Å²) < 4.78 is 15.2. The van der Waals surface area contributed by atoms with Crippen LogP contribution in [0.1, 0.15) is 33.3 Å². The van der Waals surface area contributed by atoms with E-state index in [1.807, 2.05) is 0 Å². The van der Waals surface area contributed by atoms with Crippen molar-refractivity contribution in [2.24, 2.45) is 5.73 Å². The summed E-state index contributed by atoms with van der Waals surface area (Å²) in [5.74, 6) is -0.327. The number of benzene rings is 1. The number of nitrogens with two attached hydrogens (primary N) is 1. The number of hydrogen-bond acceptors (Lipinski definition) is 6. The highest BCUT2D eigenvalue weighted by Gasteiger charge is 2.50. The Morgan fingerprint density at radius 3 is 2.31 bits per heavy atom. The number of rotatable bonds is 6. The molecule has 1 heterocycles. The van der Waals surface area contributed by atoms with E-state index in [-0.39, 0.29) is 12.2 Å². The number of ether oxygens (including phenoxy) is 3. The molecule has 8 nitrogen and oxygen atoms in total. The van der Waals surface area contributed by atoms with Gasteiger partial charge in [-0.2, -0.15) is 0 Å². The number of hydrogen-bond donors (Lipinski definition) is 2. The molecule has 1 aromatic rings. The summed E-state index contributed by atoms with van der Waals surface area (Å²) in [6, 6.07) is 6.77. The summed E-state index contributed by atoms with van der Waals surface area (Å²) in [5, 5.41) is 2.61. The first-order valence-corrected chi connectivity index (χ1v) is 8.22. The first-order valence-electron chi connectivity index (χ1n) is 8.22. The Kier molecular flexibility index (Phi) is 5.56. The quantitative estimate of drug-likeness (QED) is 0.748. The second kappa shape index (κ2) is 7.33. The summed E-state index contributed by atoms with van der Waals surface area (Å²) in [7, 11) is 0. The van der Waals surface area contributed by atoms with Crippen LogP contribution in [-0.2, 0) is 25.4 Å². The number of ketones is 1. The van der Waals surface area contributed by atoms with Crippen molar-refractivity contribution < 1.29 is 28.6 Å². The predicted octanol–water partition coefficient (Wildman–Crippen LogP) is 2.40. The number of nitrogens with one attached hydrogen (secondary N) is 1. The molecule has 142 valence electrons. The van der Waals surface area contributed by atoms with Crippen molar-refractivity contribution in [2.75, 3.05) is 11.9 Å². The molecule has 0 bridgehead atoms. The van der Waals surface area contributed by atoms with Crippen molar-refractivity contribution in [3.05, 3.63) is 29.8 Å². The summed E-state index contributed by atoms with van der Waals surface area (Å²) in [5.41, 5.74) is 4.83. The van der Waals surface area contributed by atoms with Gasteiger partial charge in [-0.15, -0.1) is 0 Å². The fourth-order valence-electron chi connectivity index (χ4n) is 2.28. The first-order chi connectivity index (χ1) is 12.0. The van der Waals surface area contributed by atoms with Crippen molar-refractivity contribution in [3.63, 3.8) is 0 Å². The molecule has 0 saturated carbocycles. The lowest BCUT2D eigenvalue weighted by molar-refractivity contribution is -0.131. The molecule has 1 aliphatic rings. The second-order valence-corrected chi connectivity index (χ2v) is 7.34. The van der Waals surface area contributed by atoms with Gasteiger partial charge in [-0.1, -0.05) is 12.1 Å². The van der Waals surface area contributed by atoms with Gasteiger partial charge < -0.3 is 19.9 Å². The maximum Gasteiger partial charge on any atom is 0.412 e. The van der Waals surface area contributed by atoms with E-state index in [1.54, 1.807) is 52.0 Å². The van der Waals surface area contributed by atoms with Crippen molar-refractivity contribution in [3.8, 4) is 0 Å². The molecule has 8 heteroatoms. The molecule has 1 aliphatic heterocycles. The van der Waals surface area contributed by atoms with Crippen LogP contribution in [0.25, 0.3) is 0 Å². The number of epoxide rings is 1. The van der Waals surface area contributed by atoms with Crippen LogP contribution >= 0.6 is 0 Å². The molecule has 26 heavy (non-hydrogen) atoms. The minimum atomic E-state index is -1.02. The van der Waals surface area contributed by atoms with Gasteiger partial charge >= 0.3 is 12.2 Å². The lowest BCUT2D eigenvalue weighted by Gasteiger charge is -2.20. The van der Waals surface area contributed by atoms with Gasteiger partial charge in [0.25, 0.3) is 0 Å². The van der Waals surface area contributed by atoms with Gasteiger partial charge in [0.05, 0.1) is 6.61 Å². The Bertz CT molecular complexity index is 689. The smallest absolute Gasteiger partial charge is 0.412 e. The van der Waals surface area contributed by atoms with Gasteiger partial charge in [0.1, 0.15) is 5.60 Å². The SMILES string of the molecule is CC(C)(C)OC(=O)Nc1ccc(CC(OC(N)=O)C(=O)C2(C)CO2)cc1. The minimum Gasteiger partial charge on any atom is -0.444 e. The third-order valence-corrected chi connectivity index (χ3v) is 3.67. The van der Waals surface area contributed by atoms with E-state index in [9.17, 15) is 14.4 Å². The number of primary amides is 1. The van der Waals surface area contributed by atoms with Gasteiger partial charge in [-0.05, 0) is 45.4 Å². The third kappa shape index (κ3) is 5.73. The zero-order chi connectivity index (χ0) is 19.5. The van der Waals surface area contributed by atoms with E-state index in [1.165, 1.54) is 0 Å². The molecule has 2 amide bonds. The maximum absolute atomic E-state index is 12.4. The van der Waals surface area contributed by atoms with Crippen molar-refractivity contribution >= 4 is 23.7 Å². The third-order valence-electron chi connectivity index (χ3n) is 3.67. The molecule has 0 aliphatic carbocycles. The molecular formula is C18H24N2O6. The molecule has 1 fully saturated rings. The average Bonchev–Trinajstić information content (AvgIpc) is 3.24. The zero-order valence-corrected chi connectivity index (χ0v) is 15.3. The lowest BCUT2D eigenvalue weighted by atomic mass is 9.97. The molecule has 2 unspecified atom stereocenters. The van der Waals surface area contributed by atoms with E-state index >= 15 is 0 Å². The number of Topliss-reactive ketones (excluding diaryl/α,β-unsaturated/α-hetero) is 1. The topological polar surface area (TPSA) is 120 Å². The Labute approximate surface area is 152 Å². The highest BCUT2D eigenvalue weighted by atomic mass is 16.6. The largest absolute Gasteiger partial charge is 0.444 e. The van der Waals surface area contributed by atoms with E-state index in [4.69, 9.17) is 19.9 Å². The van der Waals surface area contributed by atoms with Crippen LogP contribution in [0.2, 0.25) is 0 Å². The molecule has 2 atom stereocenters. The van der Waals surface area contributed by atoms with Crippen molar-refractivity contribution in [2.45, 2.75) is 51.4 Å². The maximum atomic E-state index is 12.4. The van der Waals surface area contributed by atoms with E-state index in [0.29, 0.717) is 12.3 Å². The first kappa shape index (κ1) is 19.7. The van der Waals surface area contributed by atoms with Crippen LogP contribution < -0.4 is 11.1 Å². The van der Waals surface area contributed by atoms with Crippen LogP contribution in [0.4, 0.5) is 15.3 Å². The molecule has 1 saturated heterocycles. The lowest BCUT2D eigenvalue weighted by Crippen LogP contribution is -2.39. The van der Waals surface area contributed by atoms with Gasteiger partial charge in [0.2, 0.25) is 5.78 Å². The van der Waals surface area contributed by atoms with Crippen LogP contribution in [-0.4, -0.2) is 41.9 Å². The van der Waals surface area contributed by atoms with Gasteiger partial charge in [-0.25, -0.2) is 9.59 Å². The van der Waals surface area contributed by atoms with Crippen LogP contribution in [0.15, 0.2) is 24.3 Å². The van der Waals surface area contributed by atoms with Gasteiger partial charge in [-0.3, -0.25) is 10.1 Å². The highest BCUT2D eigenvalue weighted by molar-refractivity contribution is 5.94. The highest BCUT2D eigenvalue weighted by Crippen LogP contribution is 2.30. The summed E-state index contributed by atoms with van der Waals surface area (Å²) in [4.78, 5) is 35.2. The zero-order valence-electron chi connectivity index (χ0n) is 15.3. The van der Waals surface area contributed by atoms with Gasteiger partial charge in [0.15, 0.2) is 11.7 Å². The number of amides is 2. The fraction of sp³-hybridized carbons (Fsp3) is 0.500. The molecule has 2 rings (SSSR count). The van der Waals surface area contributed by atoms with Crippen LogP contribution in [0, 0.1) is 0 Å². The molecule has 0 radical (unpaired) electrons. The number of anilines is 1. The van der Waals surface area contributed by atoms with Crippen LogP contribution in [0.5, 0.6) is 0 Å². The Morgan fingerprint density at radius 2 is 1.85 bits per heavy atom. The van der Waals surface area contributed by atoms with E-state index < -0.39 is 29.5 Å². The number of carbonyl (C=O) groups excluding carboxylic acids is 3. The van der Waals surface area contributed by atoms with E-state index in [2.05, 4.69) is 5.32 Å². The molecule has 0 aromatic heterocycles. The van der Waals surface area contributed by atoms with Crippen LogP contribution in [0.3, 0.4) is 0 Å². The Morgan fingerprint density at radius 1 is 1.27 bits per heavy atom. The predicted molar refractivity (Wildman–Crippen MR) is 93.8 cm³/mol. The number of carbonyl (C=O) groups is 3.